The van der Waals surface area contributed by atoms with Crippen molar-refractivity contribution < 1.29 is 13.5 Å². The average molecular weight is 422 g/mol. The van der Waals surface area contributed by atoms with Crippen LogP contribution in [0.15, 0.2) is 55.0 Å². The van der Waals surface area contributed by atoms with Gasteiger partial charge in [0.25, 0.3) is 0 Å². The Morgan fingerprint density at radius 2 is 1.68 bits per heavy atom. The van der Waals surface area contributed by atoms with Crippen molar-refractivity contribution in [3.05, 3.63) is 66.6 Å². The maximum Gasteiger partial charge on any atom is 0.168 e. The zero-order valence-electron chi connectivity index (χ0n) is 16.9. The minimum absolute atomic E-state index is 0.141. The second kappa shape index (κ2) is 7.82. The molecule has 0 N–H and O–H groups in total. The number of anilines is 2. The molecule has 5 rings (SSSR count). The molecule has 0 unspecified atom stereocenters. The molecule has 31 heavy (non-hydrogen) atoms. The van der Waals surface area contributed by atoms with Gasteiger partial charge < -0.3 is 14.5 Å². The van der Waals surface area contributed by atoms with E-state index >= 15 is 0 Å². The Hall–Kier alpha value is -3.75. The first-order chi connectivity index (χ1) is 15.2. The number of ether oxygens (including phenoxy) is 1. The smallest absolute Gasteiger partial charge is 0.168 e. The van der Waals surface area contributed by atoms with Crippen molar-refractivity contribution in [2.45, 2.75) is 0 Å². The number of rotatable bonds is 4. The number of methoxy groups -OCH3 is 1. The van der Waals surface area contributed by atoms with Crippen molar-refractivity contribution in [1.82, 2.24) is 19.7 Å². The predicted octanol–water partition coefficient (Wildman–Crippen LogP) is 3.43. The summed E-state index contributed by atoms with van der Waals surface area (Å²) in [6.45, 7) is 3.10. The molecule has 1 saturated heterocycles. The highest BCUT2D eigenvalue weighted by atomic mass is 19.1. The van der Waals surface area contributed by atoms with E-state index < -0.39 is 11.6 Å². The molecule has 1 fully saturated rings. The molecule has 0 radical (unpaired) electrons. The zero-order chi connectivity index (χ0) is 21.4. The third kappa shape index (κ3) is 3.41. The largest absolute Gasteiger partial charge is 0.495 e. The fourth-order valence-corrected chi connectivity index (χ4v) is 3.96. The van der Waals surface area contributed by atoms with E-state index in [1.54, 1.807) is 13.3 Å². The minimum Gasteiger partial charge on any atom is -0.495 e. The number of nitrogens with zero attached hydrogens (tertiary/aromatic N) is 6. The number of piperazine rings is 1. The Morgan fingerprint density at radius 1 is 0.903 bits per heavy atom. The van der Waals surface area contributed by atoms with Crippen molar-refractivity contribution in [2.75, 3.05) is 43.1 Å². The molecular weight excluding hydrogens is 402 g/mol. The molecule has 7 nitrogen and oxygen atoms in total. The number of aromatic nitrogens is 4. The quantitative estimate of drug-likeness (QED) is 0.502. The van der Waals surface area contributed by atoms with Crippen LogP contribution in [-0.2, 0) is 0 Å². The first kappa shape index (κ1) is 19.2. The van der Waals surface area contributed by atoms with Gasteiger partial charge >= 0.3 is 0 Å². The lowest BCUT2D eigenvalue weighted by molar-refractivity contribution is 0.413. The lowest BCUT2D eigenvalue weighted by atomic mass is 10.2. The fraction of sp³-hybridized carbons (Fsp3) is 0.227. The standard InChI is InChI=1S/C22H20F2N6O/c1-31-20-5-3-2-4-19(20)28-8-10-29(11-9-28)21-16-13-27-30(22(16)26-14-25-21)18-7-6-15(23)12-17(18)24/h2-7,12-14H,8-11H2,1H3. The van der Waals surface area contributed by atoms with Gasteiger partial charge in [-0.05, 0) is 24.3 Å². The SMILES string of the molecule is COc1ccccc1N1CCN(c2ncnc3c2cnn3-c2ccc(F)cc2F)CC1. The Morgan fingerprint density at radius 3 is 2.45 bits per heavy atom. The molecule has 158 valence electrons. The first-order valence-electron chi connectivity index (χ1n) is 9.93. The number of benzene rings is 2. The van der Waals surface area contributed by atoms with E-state index in [1.807, 2.05) is 18.2 Å². The molecular formula is C22H20F2N6O. The monoisotopic (exact) mass is 422 g/mol. The van der Waals surface area contributed by atoms with Gasteiger partial charge in [-0.25, -0.2) is 23.4 Å². The summed E-state index contributed by atoms with van der Waals surface area (Å²) in [5, 5.41) is 5.01. The highest BCUT2D eigenvalue weighted by Crippen LogP contribution is 2.30. The van der Waals surface area contributed by atoms with Crippen molar-refractivity contribution in [2.24, 2.45) is 0 Å². The Balaban J connectivity index is 1.42. The molecule has 3 heterocycles. The van der Waals surface area contributed by atoms with Crippen LogP contribution in [0.25, 0.3) is 16.7 Å². The van der Waals surface area contributed by atoms with E-state index in [0.29, 0.717) is 5.65 Å². The van der Waals surface area contributed by atoms with Gasteiger partial charge in [-0.3, -0.25) is 0 Å². The van der Waals surface area contributed by atoms with E-state index in [-0.39, 0.29) is 5.69 Å². The van der Waals surface area contributed by atoms with Crippen LogP contribution >= 0.6 is 0 Å². The molecule has 0 saturated carbocycles. The molecule has 9 heteroatoms. The van der Waals surface area contributed by atoms with Crippen LogP contribution in [0, 0.1) is 11.6 Å². The normalized spacial score (nSPS) is 14.3. The maximum atomic E-state index is 14.3. The molecule has 0 bridgehead atoms. The topological polar surface area (TPSA) is 59.3 Å². The first-order valence-corrected chi connectivity index (χ1v) is 9.93. The van der Waals surface area contributed by atoms with Gasteiger partial charge in [-0.15, -0.1) is 0 Å². The lowest BCUT2D eigenvalue weighted by Gasteiger charge is -2.37. The number of fused-ring (bicyclic) bond motifs is 1. The van der Waals surface area contributed by atoms with Gasteiger partial charge in [0.2, 0.25) is 0 Å². The summed E-state index contributed by atoms with van der Waals surface area (Å²) >= 11 is 0. The predicted molar refractivity (Wildman–Crippen MR) is 114 cm³/mol. The summed E-state index contributed by atoms with van der Waals surface area (Å²) in [5.41, 5.74) is 1.68. The highest BCUT2D eigenvalue weighted by Gasteiger charge is 2.23. The van der Waals surface area contributed by atoms with Gasteiger partial charge in [-0.2, -0.15) is 5.10 Å². The van der Waals surface area contributed by atoms with Gasteiger partial charge in [0, 0.05) is 32.2 Å². The third-order valence-corrected chi connectivity index (χ3v) is 5.49. The fourth-order valence-electron chi connectivity index (χ4n) is 3.96. The molecule has 1 aliphatic heterocycles. The lowest BCUT2D eigenvalue weighted by Crippen LogP contribution is -2.47. The Labute approximate surface area is 177 Å². The van der Waals surface area contributed by atoms with Crippen LogP contribution in [0.2, 0.25) is 0 Å². The van der Waals surface area contributed by atoms with Crippen molar-refractivity contribution in [3.63, 3.8) is 0 Å². The zero-order valence-corrected chi connectivity index (χ0v) is 16.9. The summed E-state index contributed by atoms with van der Waals surface area (Å²) in [5.74, 6) is 0.262. The number of halogens is 2. The summed E-state index contributed by atoms with van der Waals surface area (Å²) in [6, 6.07) is 11.4. The van der Waals surface area contributed by atoms with Crippen LogP contribution in [-0.4, -0.2) is 53.0 Å². The van der Waals surface area contributed by atoms with Crippen molar-refractivity contribution in [1.29, 1.82) is 0 Å². The Kier molecular flexibility index (Phi) is 4.85. The maximum absolute atomic E-state index is 14.3. The molecule has 0 amide bonds. The second-order valence-corrected chi connectivity index (χ2v) is 7.23. The van der Waals surface area contributed by atoms with Gasteiger partial charge in [0.05, 0.1) is 24.4 Å². The van der Waals surface area contributed by atoms with E-state index in [4.69, 9.17) is 4.74 Å². The van der Waals surface area contributed by atoms with Crippen LogP contribution in [0.5, 0.6) is 5.75 Å². The second-order valence-electron chi connectivity index (χ2n) is 7.23. The number of hydrogen-bond donors (Lipinski definition) is 0. The number of hydrogen-bond acceptors (Lipinski definition) is 6. The summed E-state index contributed by atoms with van der Waals surface area (Å²) in [7, 11) is 1.67. The molecule has 0 aliphatic carbocycles. The van der Waals surface area contributed by atoms with Crippen LogP contribution in [0.4, 0.5) is 20.3 Å². The molecule has 0 atom stereocenters. The van der Waals surface area contributed by atoms with E-state index in [2.05, 4.69) is 30.9 Å². The van der Waals surface area contributed by atoms with E-state index in [0.717, 1.165) is 54.9 Å². The van der Waals surface area contributed by atoms with Gasteiger partial charge in [-0.1, -0.05) is 12.1 Å². The van der Waals surface area contributed by atoms with Crippen molar-refractivity contribution in [3.8, 4) is 11.4 Å². The van der Waals surface area contributed by atoms with Gasteiger partial charge in [0.15, 0.2) is 11.5 Å². The summed E-state index contributed by atoms with van der Waals surface area (Å²) in [4.78, 5) is 13.2. The van der Waals surface area contributed by atoms with Crippen LogP contribution < -0.4 is 14.5 Å². The third-order valence-electron chi connectivity index (χ3n) is 5.49. The van der Waals surface area contributed by atoms with E-state index in [1.165, 1.54) is 23.1 Å². The van der Waals surface area contributed by atoms with Crippen LogP contribution in [0.3, 0.4) is 0 Å². The Bertz CT molecular complexity index is 1240. The summed E-state index contributed by atoms with van der Waals surface area (Å²) < 4.78 is 34.5. The van der Waals surface area contributed by atoms with E-state index in [9.17, 15) is 8.78 Å². The molecule has 2 aromatic heterocycles. The average Bonchev–Trinajstić information content (AvgIpc) is 3.23. The highest BCUT2D eigenvalue weighted by molar-refractivity contribution is 5.87. The molecule has 4 aromatic rings. The minimum atomic E-state index is -0.699. The molecule has 1 aliphatic rings. The van der Waals surface area contributed by atoms with Gasteiger partial charge in [0.1, 0.15) is 29.4 Å². The van der Waals surface area contributed by atoms with Crippen LogP contribution in [0.1, 0.15) is 0 Å². The number of para-hydroxylation sites is 2. The molecule has 2 aromatic carbocycles. The molecule has 0 spiro atoms. The summed E-state index contributed by atoms with van der Waals surface area (Å²) in [6.07, 6.45) is 3.07. The van der Waals surface area contributed by atoms with Crippen molar-refractivity contribution >= 4 is 22.5 Å².